The molecular weight excluding hydrogens is 307 g/mol. The Labute approximate surface area is 134 Å². The third-order valence-corrected chi connectivity index (χ3v) is 4.18. The largest absolute Gasteiger partial charge is 0.439 e. The van der Waals surface area contributed by atoms with Crippen molar-refractivity contribution in [3.63, 3.8) is 0 Å². The van der Waals surface area contributed by atoms with Gasteiger partial charge < -0.3 is 10.1 Å². The van der Waals surface area contributed by atoms with Crippen molar-refractivity contribution in [1.29, 1.82) is 0 Å². The maximum atomic E-state index is 6.17. The van der Waals surface area contributed by atoms with E-state index >= 15 is 0 Å². The molecule has 3 nitrogen and oxygen atoms in total. The average molecular weight is 323 g/mol. The molecule has 1 N–H and O–H groups in total. The molecule has 1 saturated carbocycles. The van der Waals surface area contributed by atoms with Crippen LogP contribution < -0.4 is 10.1 Å². The lowest BCUT2D eigenvalue weighted by molar-refractivity contribution is 0.461. The molecule has 1 aromatic carbocycles. The van der Waals surface area contributed by atoms with Crippen LogP contribution in [0.3, 0.4) is 0 Å². The maximum Gasteiger partial charge on any atom is 0.219 e. The minimum absolute atomic E-state index is 0.536. The van der Waals surface area contributed by atoms with Crippen LogP contribution in [0.25, 0.3) is 0 Å². The lowest BCUT2D eigenvalue weighted by Gasteiger charge is -2.10. The van der Waals surface area contributed by atoms with Crippen molar-refractivity contribution in [3.05, 3.63) is 51.6 Å². The van der Waals surface area contributed by atoms with E-state index in [-0.39, 0.29) is 0 Å². The van der Waals surface area contributed by atoms with Crippen molar-refractivity contribution in [2.45, 2.75) is 32.4 Å². The molecule has 0 aliphatic heterocycles. The van der Waals surface area contributed by atoms with Crippen LogP contribution in [0, 0.1) is 6.92 Å². The third-order valence-electron chi connectivity index (χ3n) is 3.42. The summed E-state index contributed by atoms with van der Waals surface area (Å²) in [7, 11) is 0. The first-order valence-corrected chi connectivity index (χ1v) is 7.69. The molecule has 0 spiro atoms. The zero-order chi connectivity index (χ0) is 14.8. The summed E-state index contributed by atoms with van der Waals surface area (Å²) in [6, 6.07) is 8.05. The molecule has 1 heterocycles. The number of nitrogens with one attached hydrogen (secondary N) is 1. The number of benzene rings is 1. The first-order chi connectivity index (χ1) is 10.1. The van der Waals surface area contributed by atoms with Crippen LogP contribution in [0.2, 0.25) is 10.0 Å². The van der Waals surface area contributed by atoms with E-state index in [1.807, 2.05) is 31.2 Å². The van der Waals surface area contributed by atoms with Gasteiger partial charge in [0.15, 0.2) is 0 Å². The second kappa shape index (κ2) is 6.22. The normalized spacial score (nSPS) is 14.2. The summed E-state index contributed by atoms with van der Waals surface area (Å²) >= 11 is 12.2. The molecule has 110 valence electrons. The van der Waals surface area contributed by atoms with Crippen LogP contribution in [0.4, 0.5) is 0 Å². The molecule has 0 unspecified atom stereocenters. The molecule has 0 atom stereocenters. The monoisotopic (exact) mass is 322 g/mol. The van der Waals surface area contributed by atoms with E-state index in [2.05, 4.69) is 10.3 Å². The van der Waals surface area contributed by atoms with Gasteiger partial charge in [0.25, 0.3) is 0 Å². The topological polar surface area (TPSA) is 34.1 Å². The number of ether oxygens (including phenoxy) is 1. The third kappa shape index (κ3) is 3.88. The lowest BCUT2D eigenvalue weighted by Crippen LogP contribution is -2.15. The minimum atomic E-state index is 0.536. The summed E-state index contributed by atoms with van der Waals surface area (Å²) in [5, 5.41) is 4.81. The molecule has 2 aromatic rings. The number of rotatable bonds is 5. The Morgan fingerprint density at radius 1 is 1.24 bits per heavy atom. The highest BCUT2D eigenvalue weighted by atomic mass is 35.5. The van der Waals surface area contributed by atoms with Crippen molar-refractivity contribution in [3.8, 4) is 11.6 Å². The summed E-state index contributed by atoms with van der Waals surface area (Å²) in [5.41, 5.74) is 1.97. The average Bonchev–Trinajstić information content (AvgIpc) is 3.28. The Bertz CT molecular complexity index is 657. The number of halogens is 2. The Morgan fingerprint density at radius 3 is 2.76 bits per heavy atom. The molecular formula is C16H16Cl2N2O. The standard InChI is InChI=1S/C16H16Cl2N2O/c1-10-6-13(4-5-14(10)17)21-16-7-11(15(18)9-20-16)8-19-12-2-3-12/h4-7,9,12,19H,2-3,8H2,1H3. The van der Waals surface area contributed by atoms with Crippen LogP contribution >= 0.6 is 23.2 Å². The van der Waals surface area contributed by atoms with Crippen LogP contribution in [0.5, 0.6) is 11.6 Å². The van der Waals surface area contributed by atoms with Gasteiger partial charge in [0, 0.05) is 29.9 Å². The Morgan fingerprint density at radius 2 is 2.05 bits per heavy atom. The second-order valence-electron chi connectivity index (χ2n) is 5.28. The van der Waals surface area contributed by atoms with Gasteiger partial charge in [-0.25, -0.2) is 4.98 Å². The fraction of sp³-hybridized carbons (Fsp3) is 0.312. The van der Waals surface area contributed by atoms with Gasteiger partial charge in [-0.05, 0) is 49.1 Å². The van der Waals surface area contributed by atoms with Gasteiger partial charge in [0.1, 0.15) is 5.75 Å². The SMILES string of the molecule is Cc1cc(Oc2cc(CNC3CC3)c(Cl)cn2)ccc1Cl. The number of aromatic nitrogens is 1. The van der Waals surface area contributed by atoms with Gasteiger partial charge in [-0.15, -0.1) is 0 Å². The van der Waals surface area contributed by atoms with Crippen molar-refractivity contribution >= 4 is 23.2 Å². The smallest absolute Gasteiger partial charge is 0.219 e. The molecule has 1 aromatic heterocycles. The van der Waals surface area contributed by atoms with E-state index in [0.29, 0.717) is 22.7 Å². The van der Waals surface area contributed by atoms with Crippen molar-refractivity contribution in [1.82, 2.24) is 10.3 Å². The van der Waals surface area contributed by atoms with Crippen molar-refractivity contribution < 1.29 is 4.74 Å². The molecule has 0 saturated heterocycles. The number of aryl methyl sites for hydroxylation is 1. The second-order valence-corrected chi connectivity index (χ2v) is 6.10. The van der Waals surface area contributed by atoms with E-state index in [1.165, 1.54) is 12.8 Å². The highest BCUT2D eigenvalue weighted by molar-refractivity contribution is 6.31. The molecule has 0 amide bonds. The Hall–Kier alpha value is -1.29. The van der Waals surface area contributed by atoms with E-state index in [9.17, 15) is 0 Å². The van der Waals surface area contributed by atoms with Crippen LogP contribution in [-0.4, -0.2) is 11.0 Å². The molecule has 0 bridgehead atoms. The van der Waals surface area contributed by atoms with Gasteiger partial charge in [0.05, 0.1) is 5.02 Å². The maximum absolute atomic E-state index is 6.17. The zero-order valence-corrected chi connectivity index (χ0v) is 13.2. The predicted octanol–water partition coefficient (Wildman–Crippen LogP) is 4.74. The molecule has 5 heteroatoms. The molecule has 3 rings (SSSR count). The number of hydrogen-bond acceptors (Lipinski definition) is 3. The van der Waals surface area contributed by atoms with Crippen LogP contribution in [0.1, 0.15) is 24.0 Å². The number of pyridine rings is 1. The van der Waals surface area contributed by atoms with Gasteiger partial charge >= 0.3 is 0 Å². The molecule has 1 fully saturated rings. The van der Waals surface area contributed by atoms with Crippen LogP contribution in [0.15, 0.2) is 30.5 Å². The van der Waals surface area contributed by atoms with Crippen molar-refractivity contribution in [2.24, 2.45) is 0 Å². The fourth-order valence-electron chi connectivity index (χ4n) is 1.99. The lowest BCUT2D eigenvalue weighted by atomic mass is 10.2. The van der Waals surface area contributed by atoms with Crippen LogP contribution in [-0.2, 0) is 6.54 Å². The highest BCUT2D eigenvalue weighted by Gasteiger charge is 2.20. The fourth-order valence-corrected chi connectivity index (χ4v) is 2.28. The summed E-state index contributed by atoms with van der Waals surface area (Å²) in [4.78, 5) is 4.21. The van der Waals surface area contributed by atoms with E-state index in [0.717, 1.165) is 22.7 Å². The summed E-state index contributed by atoms with van der Waals surface area (Å²) < 4.78 is 5.78. The number of nitrogens with zero attached hydrogens (tertiary/aromatic N) is 1. The van der Waals surface area contributed by atoms with Gasteiger partial charge in [0.2, 0.25) is 5.88 Å². The highest BCUT2D eigenvalue weighted by Crippen LogP contribution is 2.27. The Kier molecular flexibility index (Phi) is 4.34. The summed E-state index contributed by atoms with van der Waals surface area (Å²) in [5.74, 6) is 1.25. The molecule has 21 heavy (non-hydrogen) atoms. The molecule has 0 radical (unpaired) electrons. The number of hydrogen-bond donors (Lipinski definition) is 1. The first-order valence-electron chi connectivity index (χ1n) is 6.93. The minimum Gasteiger partial charge on any atom is -0.439 e. The zero-order valence-electron chi connectivity index (χ0n) is 11.7. The van der Waals surface area contributed by atoms with E-state index in [1.54, 1.807) is 6.20 Å². The van der Waals surface area contributed by atoms with Gasteiger partial charge in [-0.3, -0.25) is 0 Å². The quantitative estimate of drug-likeness (QED) is 0.863. The first kappa shape index (κ1) is 14.6. The Balaban J connectivity index is 1.74. The van der Waals surface area contributed by atoms with Gasteiger partial charge in [-0.2, -0.15) is 0 Å². The van der Waals surface area contributed by atoms with Gasteiger partial charge in [-0.1, -0.05) is 23.2 Å². The molecule has 1 aliphatic carbocycles. The van der Waals surface area contributed by atoms with E-state index < -0.39 is 0 Å². The van der Waals surface area contributed by atoms with Crippen molar-refractivity contribution in [2.75, 3.05) is 0 Å². The summed E-state index contributed by atoms with van der Waals surface area (Å²) in [6.45, 7) is 2.68. The predicted molar refractivity (Wildman–Crippen MR) is 85.4 cm³/mol. The molecule has 1 aliphatic rings. The van der Waals surface area contributed by atoms with E-state index in [4.69, 9.17) is 27.9 Å². The summed E-state index contributed by atoms with van der Waals surface area (Å²) in [6.07, 6.45) is 4.12.